The van der Waals surface area contributed by atoms with Crippen molar-refractivity contribution in [1.82, 2.24) is 4.98 Å². The summed E-state index contributed by atoms with van der Waals surface area (Å²) in [5.41, 5.74) is 5.58. The van der Waals surface area contributed by atoms with Crippen LogP contribution in [-0.2, 0) is 0 Å². The number of rotatable bonds is 1. The van der Waals surface area contributed by atoms with Crippen molar-refractivity contribution in [2.45, 2.75) is 0 Å². The number of hydrogen-bond donors (Lipinski definition) is 2. The Kier molecular flexibility index (Phi) is 1.96. The van der Waals surface area contributed by atoms with Crippen LogP contribution >= 0.6 is 0 Å². The largest absolute Gasteiger partial charge is 0.384 e. The van der Waals surface area contributed by atoms with Gasteiger partial charge in [-0.25, -0.2) is 9.37 Å². The van der Waals surface area contributed by atoms with E-state index in [2.05, 4.69) is 10.3 Å². The molecular formula is C10H10FN3. The molecule has 0 amide bonds. The fourth-order valence-corrected chi connectivity index (χ4v) is 1.47. The third kappa shape index (κ3) is 1.25. The SMILES string of the molecule is CNc1nc(N)cc2cccc(F)c12. The van der Waals surface area contributed by atoms with E-state index in [1.54, 1.807) is 25.2 Å². The van der Waals surface area contributed by atoms with Crippen LogP contribution in [0.4, 0.5) is 16.0 Å². The average Bonchev–Trinajstić information content (AvgIpc) is 2.16. The second kappa shape index (κ2) is 3.14. The fraction of sp³-hybridized carbons (Fsp3) is 0.100. The van der Waals surface area contributed by atoms with Gasteiger partial charge >= 0.3 is 0 Å². The Morgan fingerprint density at radius 2 is 2.21 bits per heavy atom. The van der Waals surface area contributed by atoms with E-state index in [9.17, 15) is 4.39 Å². The molecule has 0 bridgehead atoms. The van der Waals surface area contributed by atoms with Gasteiger partial charge in [0.25, 0.3) is 0 Å². The highest BCUT2D eigenvalue weighted by Crippen LogP contribution is 2.25. The van der Waals surface area contributed by atoms with E-state index >= 15 is 0 Å². The molecule has 0 aliphatic carbocycles. The van der Waals surface area contributed by atoms with E-state index in [1.807, 2.05) is 0 Å². The van der Waals surface area contributed by atoms with Gasteiger partial charge in [-0.15, -0.1) is 0 Å². The Labute approximate surface area is 80.8 Å². The molecule has 0 saturated carbocycles. The van der Waals surface area contributed by atoms with Crippen LogP contribution in [0, 0.1) is 5.82 Å². The maximum Gasteiger partial charge on any atom is 0.139 e. The summed E-state index contributed by atoms with van der Waals surface area (Å²) in [6, 6.07) is 6.51. The second-order valence-corrected chi connectivity index (χ2v) is 2.98. The Hall–Kier alpha value is -1.84. The molecule has 2 rings (SSSR count). The first-order valence-corrected chi connectivity index (χ1v) is 4.25. The van der Waals surface area contributed by atoms with Crippen LogP contribution in [0.15, 0.2) is 24.3 Å². The molecule has 0 unspecified atom stereocenters. The van der Waals surface area contributed by atoms with Gasteiger partial charge in [0.05, 0.1) is 5.39 Å². The normalized spacial score (nSPS) is 10.4. The van der Waals surface area contributed by atoms with Crippen LogP contribution in [0.2, 0.25) is 0 Å². The van der Waals surface area contributed by atoms with Gasteiger partial charge in [-0.3, -0.25) is 0 Å². The average molecular weight is 191 g/mol. The molecule has 0 atom stereocenters. The molecule has 4 heteroatoms. The van der Waals surface area contributed by atoms with Crippen molar-refractivity contribution in [2.75, 3.05) is 18.1 Å². The topological polar surface area (TPSA) is 50.9 Å². The predicted molar refractivity (Wildman–Crippen MR) is 55.7 cm³/mol. The summed E-state index contributed by atoms with van der Waals surface area (Å²) in [7, 11) is 1.69. The summed E-state index contributed by atoms with van der Waals surface area (Å²) in [6.07, 6.45) is 0. The summed E-state index contributed by atoms with van der Waals surface area (Å²) in [4.78, 5) is 4.01. The number of halogens is 1. The monoisotopic (exact) mass is 191 g/mol. The smallest absolute Gasteiger partial charge is 0.139 e. The number of anilines is 2. The molecule has 14 heavy (non-hydrogen) atoms. The molecule has 0 radical (unpaired) electrons. The Bertz CT molecular complexity index is 482. The molecule has 1 aromatic carbocycles. The fourth-order valence-electron chi connectivity index (χ4n) is 1.47. The molecule has 0 spiro atoms. The number of nitrogens with zero attached hydrogens (tertiary/aromatic N) is 1. The van der Waals surface area contributed by atoms with E-state index in [0.717, 1.165) is 5.39 Å². The number of nitrogen functional groups attached to an aromatic ring is 1. The molecule has 3 N–H and O–H groups in total. The number of nitrogens with two attached hydrogens (primary N) is 1. The van der Waals surface area contributed by atoms with Gasteiger partial charge in [-0.2, -0.15) is 0 Å². The van der Waals surface area contributed by atoms with Crippen molar-refractivity contribution in [2.24, 2.45) is 0 Å². The number of fused-ring (bicyclic) bond motifs is 1. The minimum absolute atomic E-state index is 0.292. The van der Waals surface area contributed by atoms with Crippen LogP contribution in [0.5, 0.6) is 0 Å². The molecule has 1 heterocycles. The summed E-state index contributed by atoms with van der Waals surface area (Å²) in [5.74, 6) is 0.560. The maximum absolute atomic E-state index is 13.4. The standard InChI is InChI=1S/C10H10FN3/c1-13-10-9-6(5-8(12)14-10)3-2-4-7(9)11/h2-5H,1H3,(H3,12,13,14). The number of pyridine rings is 1. The molecule has 0 fully saturated rings. The maximum atomic E-state index is 13.4. The zero-order valence-corrected chi connectivity index (χ0v) is 7.71. The van der Waals surface area contributed by atoms with E-state index in [-0.39, 0.29) is 5.82 Å². The van der Waals surface area contributed by atoms with Gasteiger partial charge < -0.3 is 11.1 Å². The quantitative estimate of drug-likeness (QED) is 0.724. The van der Waals surface area contributed by atoms with Gasteiger partial charge in [0.15, 0.2) is 0 Å². The first-order valence-electron chi connectivity index (χ1n) is 4.25. The second-order valence-electron chi connectivity index (χ2n) is 2.98. The van der Waals surface area contributed by atoms with Crippen molar-refractivity contribution in [3.63, 3.8) is 0 Å². The van der Waals surface area contributed by atoms with E-state index in [4.69, 9.17) is 5.73 Å². The molecule has 72 valence electrons. The Morgan fingerprint density at radius 1 is 1.43 bits per heavy atom. The van der Waals surface area contributed by atoms with Crippen molar-refractivity contribution >= 4 is 22.4 Å². The molecule has 2 aromatic rings. The van der Waals surface area contributed by atoms with Gasteiger partial charge in [-0.1, -0.05) is 12.1 Å². The summed E-state index contributed by atoms with van der Waals surface area (Å²) in [5, 5.41) is 4.05. The van der Waals surface area contributed by atoms with Crippen molar-refractivity contribution in [3.8, 4) is 0 Å². The van der Waals surface area contributed by atoms with Gasteiger partial charge in [0.2, 0.25) is 0 Å². The third-order valence-electron chi connectivity index (χ3n) is 2.06. The van der Waals surface area contributed by atoms with Crippen LogP contribution in [0.25, 0.3) is 10.8 Å². The zero-order valence-electron chi connectivity index (χ0n) is 7.71. The van der Waals surface area contributed by atoms with Crippen LogP contribution in [0.1, 0.15) is 0 Å². The molecule has 1 aromatic heterocycles. The Balaban J connectivity index is 2.88. The molecule has 3 nitrogen and oxygen atoms in total. The number of hydrogen-bond acceptors (Lipinski definition) is 3. The first-order chi connectivity index (χ1) is 6.72. The lowest BCUT2D eigenvalue weighted by atomic mass is 10.1. The first kappa shape index (κ1) is 8.74. The van der Waals surface area contributed by atoms with Gasteiger partial charge in [0.1, 0.15) is 17.5 Å². The van der Waals surface area contributed by atoms with Crippen LogP contribution in [0.3, 0.4) is 0 Å². The van der Waals surface area contributed by atoms with E-state index in [1.165, 1.54) is 6.07 Å². The number of aromatic nitrogens is 1. The zero-order chi connectivity index (χ0) is 10.1. The highest BCUT2D eigenvalue weighted by molar-refractivity contribution is 5.94. The highest BCUT2D eigenvalue weighted by atomic mass is 19.1. The van der Waals surface area contributed by atoms with Crippen molar-refractivity contribution in [1.29, 1.82) is 0 Å². The van der Waals surface area contributed by atoms with E-state index < -0.39 is 0 Å². The molecule has 0 saturated heterocycles. The summed E-state index contributed by atoms with van der Waals surface area (Å²) >= 11 is 0. The summed E-state index contributed by atoms with van der Waals surface area (Å²) < 4.78 is 13.4. The van der Waals surface area contributed by atoms with Crippen molar-refractivity contribution in [3.05, 3.63) is 30.1 Å². The lowest BCUT2D eigenvalue weighted by Crippen LogP contribution is -1.99. The lowest BCUT2D eigenvalue weighted by Gasteiger charge is -2.06. The number of nitrogens with one attached hydrogen (secondary N) is 1. The third-order valence-corrected chi connectivity index (χ3v) is 2.06. The molecular weight excluding hydrogens is 181 g/mol. The van der Waals surface area contributed by atoms with Crippen LogP contribution < -0.4 is 11.1 Å². The minimum atomic E-state index is -0.292. The predicted octanol–water partition coefficient (Wildman–Crippen LogP) is 2.00. The highest BCUT2D eigenvalue weighted by Gasteiger charge is 2.07. The van der Waals surface area contributed by atoms with E-state index in [0.29, 0.717) is 17.0 Å². The van der Waals surface area contributed by atoms with Crippen LogP contribution in [-0.4, -0.2) is 12.0 Å². The minimum Gasteiger partial charge on any atom is -0.384 e. The molecule has 0 aliphatic rings. The van der Waals surface area contributed by atoms with Gasteiger partial charge in [0, 0.05) is 7.05 Å². The lowest BCUT2D eigenvalue weighted by molar-refractivity contribution is 0.640. The molecule has 0 aliphatic heterocycles. The number of benzene rings is 1. The van der Waals surface area contributed by atoms with Gasteiger partial charge in [-0.05, 0) is 17.5 Å². The summed E-state index contributed by atoms with van der Waals surface area (Å²) in [6.45, 7) is 0. The Morgan fingerprint density at radius 3 is 2.93 bits per heavy atom. The van der Waals surface area contributed by atoms with Crippen molar-refractivity contribution < 1.29 is 4.39 Å².